The molecule has 0 saturated carbocycles. The second-order valence-corrected chi connectivity index (χ2v) is 5.05. The zero-order valence-electron chi connectivity index (χ0n) is 11.5. The highest BCUT2D eigenvalue weighted by Gasteiger charge is 2.13. The van der Waals surface area contributed by atoms with Gasteiger partial charge in [0.05, 0.1) is 6.10 Å². The van der Waals surface area contributed by atoms with Crippen LogP contribution >= 0.6 is 0 Å². The molecule has 0 aliphatic carbocycles. The lowest BCUT2D eigenvalue weighted by atomic mass is 10.0. The molecule has 3 heteroatoms. The van der Waals surface area contributed by atoms with Crippen LogP contribution in [0.25, 0.3) is 0 Å². The molecule has 0 spiro atoms. The molecule has 1 atom stereocenters. The molecule has 0 aromatic heterocycles. The zero-order valence-corrected chi connectivity index (χ0v) is 11.5. The molecule has 1 aromatic rings. The zero-order chi connectivity index (χ0) is 12.8. The Kier molecular flexibility index (Phi) is 5.17. The van der Waals surface area contributed by atoms with Crippen molar-refractivity contribution >= 4 is 0 Å². The molecule has 1 aliphatic heterocycles. The van der Waals surface area contributed by atoms with Gasteiger partial charge in [0.1, 0.15) is 0 Å². The first kappa shape index (κ1) is 13.5. The van der Waals surface area contributed by atoms with Crippen LogP contribution < -0.4 is 5.32 Å². The smallest absolute Gasteiger partial charge is 0.0583 e. The third kappa shape index (κ3) is 3.80. The van der Waals surface area contributed by atoms with Gasteiger partial charge in [0.15, 0.2) is 0 Å². The largest absolute Gasteiger partial charge is 0.381 e. The summed E-state index contributed by atoms with van der Waals surface area (Å²) in [5.74, 6) is 0. The maximum atomic E-state index is 5.38. The van der Waals surface area contributed by atoms with E-state index in [1.165, 1.54) is 11.1 Å². The van der Waals surface area contributed by atoms with E-state index >= 15 is 0 Å². The first-order valence-corrected chi connectivity index (χ1v) is 6.82. The van der Waals surface area contributed by atoms with Crippen molar-refractivity contribution in [1.82, 2.24) is 10.2 Å². The first-order valence-electron chi connectivity index (χ1n) is 6.82. The molecule has 1 unspecified atom stereocenters. The van der Waals surface area contributed by atoms with E-state index < -0.39 is 0 Å². The second kappa shape index (κ2) is 6.88. The minimum absolute atomic E-state index is 0.286. The highest BCUT2D eigenvalue weighted by atomic mass is 16.5. The fourth-order valence-corrected chi connectivity index (χ4v) is 2.41. The molecule has 0 radical (unpaired) electrons. The Morgan fingerprint density at radius 2 is 1.89 bits per heavy atom. The fraction of sp³-hybridized carbons (Fsp3) is 0.600. The maximum absolute atomic E-state index is 5.38. The fourth-order valence-electron chi connectivity index (χ4n) is 2.41. The maximum Gasteiger partial charge on any atom is 0.0583 e. The van der Waals surface area contributed by atoms with Crippen LogP contribution in [-0.2, 0) is 17.7 Å². The Hall–Kier alpha value is -0.900. The van der Waals surface area contributed by atoms with Crippen LogP contribution in [0.4, 0.5) is 0 Å². The number of nitrogens with one attached hydrogen (secondary N) is 1. The monoisotopic (exact) mass is 248 g/mol. The minimum Gasteiger partial charge on any atom is -0.381 e. The van der Waals surface area contributed by atoms with Crippen LogP contribution in [0.1, 0.15) is 18.1 Å². The average Bonchev–Trinajstić information content (AvgIpc) is 2.42. The lowest BCUT2D eigenvalue weighted by Gasteiger charge is -2.28. The summed E-state index contributed by atoms with van der Waals surface area (Å²) >= 11 is 0. The standard InChI is InChI=1S/C15H24N2O/c1-13(18-2)11-14-5-3-4-6-15(14)12-17-9-7-16-8-10-17/h3-6,13,16H,7-12H2,1-2H3. The number of ether oxygens (including phenoxy) is 1. The van der Waals surface area contributed by atoms with Gasteiger partial charge in [0, 0.05) is 39.8 Å². The molecule has 18 heavy (non-hydrogen) atoms. The molecular weight excluding hydrogens is 224 g/mol. The number of hydrogen-bond acceptors (Lipinski definition) is 3. The topological polar surface area (TPSA) is 24.5 Å². The van der Waals surface area contributed by atoms with Crippen LogP contribution in [0.3, 0.4) is 0 Å². The van der Waals surface area contributed by atoms with Gasteiger partial charge in [-0.2, -0.15) is 0 Å². The quantitative estimate of drug-likeness (QED) is 0.858. The van der Waals surface area contributed by atoms with E-state index in [0.717, 1.165) is 39.1 Å². The summed E-state index contributed by atoms with van der Waals surface area (Å²) in [6.45, 7) is 7.70. The normalized spacial score (nSPS) is 18.8. The van der Waals surface area contributed by atoms with Crippen LogP contribution in [-0.4, -0.2) is 44.3 Å². The summed E-state index contributed by atoms with van der Waals surface area (Å²) in [5.41, 5.74) is 2.87. The summed E-state index contributed by atoms with van der Waals surface area (Å²) in [6, 6.07) is 8.74. The van der Waals surface area contributed by atoms with Crippen molar-refractivity contribution in [1.29, 1.82) is 0 Å². The lowest BCUT2D eigenvalue weighted by molar-refractivity contribution is 0.118. The average molecular weight is 248 g/mol. The van der Waals surface area contributed by atoms with Crippen molar-refractivity contribution < 1.29 is 4.74 Å². The number of benzene rings is 1. The van der Waals surface area contributed by atoms with E-state index in [1.807, 2.05) is 0 Å². The van der Waals surface area contributed by atoms with Crippen LogP contribution in [0.5, 0.6) is 0 Å². The minimum atomic E-state index is 0.286. The molecule has 3 nitrogen and oxygen atoms in total. The Balaban J connectivity index is 2.01. The van der Waals surface area contributed by atoms with Gasteiger partial charge in [-0.3, -0.25) is 4.90 Å². The molecule has 1 aliphatic rings. The molecule has 1 fully saturated rings. The van der Waals surface area contributed by atoms with E-state index in [-0.39, 0.29) is 6.10 Å². The van der Waals surface area contributed by atoms with Gasteiger partial charge in [-0.15, -0.1) is 0 Å². The molecule has 1 heterocycles. The SMILES string of the molecule is COC(C)Cc1ccccc1CN1CCNCC1. The van der Waals surface area contributed by atoms with Crippen molar-refractivity contribution in [2.24, 2.45) is 0 Å². The summed E-state index contributed by atoms with van der Waals surface area (Å²) in [6.07, 6.45) is 1.29. The van der Waals surface area contributed by atoms with E-state index in [2.05, 4.69) is 41.4 Å². The van der Waals surface area contributed by atoms with Crippen LogP contribution in [0, 0.1) is 0 Å². The Morgan fingerprint density at radius 1 is 1.22 bits per heavy atom. The van der Waals surface area contributed by atoms with Gasteiger partial charge in [-0.05, 0) is 24.5 Å². The molecule has 1 N–H and O–H groups in total. The van der Waals surface area contributed by atoms with Crippen LogP contribution in [0.2, 0.25) is 0 Å². The third-order valence-corrected chi connectivity index (χ3v) is 3.63. The molecular formula is C15H24N2O. The summed E-state index contributed by atoms with van der Waals surface area (Å²) in [4.78, 5) is 2.52. The highest BCUT2D eigenvalue weighted by Crippen LogP contribution is 2.15. The van der Waals surface area contributed by atoms with Crippen molar-refractivity contribution in [3.63, 3.8) is 0 Å². The first-order chi connectivity index (χ1) is 8.79. The summed E-state index contributed by atoms with van der Waals surface area (Å²) in [7, 11) is 1.78. The molecule has 0 amide bonds. The van der Waals surface area contributed by atoms with Gasteiger partial charge in [-0.1, -0.05) is 24.3 Å². The van der Waals surface area contributed by atoms with Crippen LogP contribution in [0.15, 0.2) is 24.3 Å². The van der Waals surface area contributed by atoms with Crippen molar-refractivity contribution in [3.8, 4) is 0 Å². The molecule has 2 rings (SSSR count). The summed E-state index contributed by atoms with van der Waals surface area (Å²) < 4.78 is 5.38. The number of rotatable bonds is 5. The Labute approximate surface area is 110 Å². The lowest BCUT2D eigenvalue weighted by Crippen LogP contribution is -2.43. The van der Waals surface area contributed by atoms with Crippen molar-refractivity contribution in [2.45, 2.75) is 26.0 Å². The van der Waals surface area contributed by atoms with Gasteiger partial charge in [0.25, 0.3) is 0 Å². The van der Waals surface area contributed by atoms with Gasteiger partial charge < -0.3 is 10.1 Å². The third-order valence-electron chi connectivity index (χ3n) is 3.63. The van der Waals surface area contributed by atoms with Gasteiger partial charge >= 0.3 is 0 Å². The van der Waals surface area contributed by atoms with E-state index in [0.29, 0.717) is 0 Å². The van der Waals surface area contributed by atoms with Crippen molar-refractivity contribution in [3.05, 3.63) is 35.4 Å². The molecule has 0 bridgehead atoms. The predicted octanol–water partition coefficient (Wildman–Crippen LogP) is 1.67. The Bertz CT molecular complexity index is 361. The van der Waals surface area contributed by atoms with Crippen molar-refractivity contribution in [2.75, 3.05) is 33.3 Å². The number of hydrogen-bond donors (Lipinski definition) is 1. The summed E-state index contributed by atoms with van der Waals surface area (Å²) in [5, 5.41) is 3.39. The molecule has 1 aromatic carbocycles. The van der Waals surface area contributed by atoms with E-state index in [4.69, 9.17) is 4.74 Å². The molecule has 1 saturated heterocycles. The van der Waals surface area contributed by atoms with Gasteiger partial charge in [-0.25, -0.2) is 0 Å². The number of piperazine rings is 1. The highest BCUT2D eigenvalue weighted by molar-refractivity contribution is 5.27. The molecule has 100 valence electrons. The van der Waals surface area contributed by atoms with E-state index in [1.54, 1.807) is 7.11 Å². The second-order valence-electron chi connectivity index (χ2n) is 5.05. The van der Waals surface area contributed by atoms with Gasteiger partial charge in [0.2, 0.25) is 0 Å². The number of methoxy groups -OCH3 is 1. The number of nitrogens with zero attached hydrogens (tertiary/aromatic N) is 1. The Morgan fingerprint density at radius 3 is 2.56 bits per heavy atom. The van der Waals surface area contributed by atoms with E-state index in [9.17, 15) is 0 Å². The predicted molar refractivity (Wildman–Crippen MR) is 74.8 cm³/mol.